The van der Waals surface area contributed by atoms with Crippen molar-refractivity contribution in [2.24, 2.45) is 5.18 Å². The van der Waals surface area contributed by atoms with Gasteiger partial charge in [-0.3, -0.25) is 0 Å². The summed E-state index contributed by atoms with van der Waals surface area (Å²) in [4.78, 5) is 10.3. The van der Waals surface area contributed by atoms with Crippen LogP contribution < -0.4 is 0 Å². The summed E-state index contributed by atoms with van der Waals surface area (Å²) in [5.74, 6) is 0.265. The van der Waals surface area contributed by atoms with Gasteiger partial charge in [-0.25, -0.2) is 0 Å². The molecule has 0 aliphatic heterocycles. The van der Waals surface area contributed by atoms with E-state index in [-0.39, 0.29) is 5.75 Å². The summed E-state index contributed by atoms with van der Waals surface area (Å²) >= 11 is 0. The van der Waals surface area contributed by atoms with E-state index in [9.17, 15) is 4.91 Å². The highest BCUT2D eigenvalue weighted by Crippen LogP contribution is 2.27. The molecule has 15 heavy (non-hydrogen) atoms. The van der Waals surface area contributed by atoms with E-state index in [0.29, 0.717) is 12.1 Å². The largest absolute Gasteiger partial charge is 0.508 e. The smallest absolute Gasteiger partial charge is 0.115 e. The zero-order valence-electron chi connectivity index (χ0n) is 8.18. The van der Waals surface area contributed by atoms with Gasteiger partial charge in [0.1, 0.15) is 5.75 Å². The average Bonchev–Trinajstić information content (AvgIpc) is 2.30. The number of aromatic hydroxyl groups is 1. The molecule has 0 aromatic heterocycles. The van der Waals surface area contributed by atoms with Gasteiger partial charge in [-0.1, -0.05) is 18.2 Å². The molecule has 1 N–H and O–H groups in total. The molecule has 0 fully saturated rings. The van der Waals surface area contributed by atoms with E-state index < -0.39 is 0 Å². The predicted molar refractivity (Wildman–Crippen MR) is 59.2 cm³/mol. The van der Waals surface area contributed by atoms with Crippen LogP contribution in [0.3, 0.4) is 0 Å². The molecule has 0 saturated carbocycles. The maximum atomic E-state index is 10.3. The van der Waals surface area contributed by atoms with Crippen LogP contribution in [0.5, 0.6) is 5.75 Å². The van der Waals surface area contributed by atoms with Crippen LogP contribution in [0.4, 0.5) is 0 Å². The van der Waals surface area contributed by atoms with Gasteiger partial charge < -0.3 is 5.11 Å². The second-order valence-corrected chi connectivity index (χ2v) is 3.49. The monoisotopic (exact) mass is 201 g/mol. The molecule has 0 saturated heterocycles. The zero-order chi connectivity index (χ0) is 10.7. The Morgan fingerprint density at radius 3 is 2.33 bits per heavy atom. The SMILES string of the molecule is O=NC1=CC=C(c2ccc(O)cc2)CC1. The maximum absolute atomic E-state index is 10.3. The molecule has 1 aliphatic carbocycles. The van der Waals surface area contributed by atoms with E-state index in [0.717, 1.165) is 12.0 Å². The number of phenolic OH excluding ortho intramolecular Hbond substituents is 1. The first kappa shape index (κ1) is 9.65. The van der Waals surface area contributed by atoms with Crippen LogP contribution in [0.1, 0.15) is 18.4 Å². The second-order valence-electron chi connectivity index (χ2n) is 3.49. The Hall–Kier alpha value is -1.90. The van der Waals surface area contributed by atoms with E-state index in [4.69, 9.17) is 5.11 Å². The standard InChI is InChI=1S/C12H11NO2/c14-12-7-3-10(4-8-12)9-1-5-11(13-15)6-2-9/h1,3-5,7-8,14H,2,6H2. The van der Waals surface area contributed by atoms with Gasteiger partial charge in [0.2, 0.25) is 0 Å². The lowest BCUT2D eigenvalue weighted by molar-refractivity contribution is 0.475. The maximum Gasteiger partial charge on any atom is 0.115 e. The second kappa shape index (κ2) is 4.09. The van der Waals surface area contributed by atoms with E-state index in [1.807, 2.05) is 18.2 Å². The highest BCUT2D eigenvalue weighted by atomic mass is 16.3. The van der Waals surface area contributed by atoms with Crippen molar-refractivity contribution in [1.82, 2.24) is 0 Å². The number of hydrogen-bond donors (Lipinski definition) is 1. The first-order valence-electron chi connectivity index (χ1n) is 4.82. The van der Waals surface area contributed by atoms with Crippen LogP contribution in [0.2, 0.25) is 0 Å². The summed E-state index contributed by atoms with van der Waals surface area (Å²) < 4.78 is 0. The molecule has 0 unspecified atom stereocenters. The Morgan fingerprint density at radius 1 is 1.07 bits per heavy atom. The van der Waals surface area contributed by atoms with Crippen LogP contribution >= 0.6 is 0 Å². The molecule has 2 rings (SSSR count). The van der Waals surface area contributed by atoms with Crippen molar-refractivity contribution >= 4 is 5.57 Å². The number of allylic oxidation sites excluding steroid dienone is 4. The van der Waals surface area contributed by atoms with Crippen molar-refractivity contribution in [3.05, 3.63) is 52.6 Å². The third-order valence-electron chi connectivity index (χ3n) is 2.48. The summed E-state index contributed by atoms with van der Waals surface area (Å²) in [5, 5.41) is 12.1. The van der Waals surface area contributed by atoms with Gasteiger partial charge in [0.25, 0.3) is 0 Å². The number of rotatable bonds is 2. The van der Waals surface area contributed by atoms with Gasteiger partial charge >= 0.3 is 0 Å². The van der Waals surface area contributed by atoms with Gasteiger partial charge in [-0.15, -0.1) is 4.91 Å². The molecule has 3 nitrogen and oxygen atoms in total. The number of nitrogens with zero attached hydrogens (tertiary/aromatic N) is 1. The molecule has 0 radical (unpaired) electrons. The third kappa shape index (κ3) is 2.13. The molecule has 0 heterocycles. The molecule has 3 heteroatoms. The summed E-state index contributed by atoms with van der Waals surface area (Å²) in [6.07, 6.45) is 5.17. The number of benzene rings is 1. The summed E-state index contributed by atoms with van der Waals surface area (Å²) in [5.41, 5.74) is 2.84. The summed E-state index contributed by atoms with van der Waals surface area (Å²) in [6.45, 7) is 0. The Labute approximate surface area is 87.7 Å². The predicted octanol–water partition coefficient (Wildman–Crippen LogP) is 3.22. The minimum atomic E-state index is 0.265. The molecule has 0 amide bonds. The van der Waals surface area contributed by atoms with Crippen LogP contribution in [-0.4, -0.2) is 5.11 Å². The van der Waals surface area contributed by atoms with E-state index in [1.165, 1.54) is 5.57 Å². The number of hydrogen-bond acceptors (Lipinski definition) is 3. The lowest BCUT2D eigenvalue weighted by Crippen LogP contribution is -1.91. The van der Waals surface area contributed by atoms with Crippen molar-refractivity contribution < 1.29 is 5.11 Å². The molecule has 76 valence electrons. The molecular formula is C12H11NO2. The number of phenols is 1. The highest BCUT2D eigenvalue weighted by molar-refractivity contribution is 5.69. The fourth-order valence-electron chi connectivity index (χ4n) is 1.62. The Balaban J connectivity index is 2.26. The molecule has 1 aromatic carbocycles. The van der Waals surface area contributed by atoms with E-state index in [2.05, 4.69) is 5.18 Å². The van der Waals surface area contributed by atoms with Crippen molar-refractivity contribution in [3.8, 4) is 5.75 Å². The Morgan fingerprint density at radius 2 is 1.80 bits per heavy atom. The van der Waals surface area contributed by atoms with Gasteiger partial charge in [0, 0.05) is 0 Å². The fraction of sp³-hybridized carbons (Fsp3) is 0.167. The van der Waals surface area contributed by atoms with Gasteiger partial charge in [-0.2, -0.15) is 0 Å². The summed E-state index contributed by atoms with van der Waals surface area (Å²) in [6, 6.07) is 7.06. The molecule has 0 atom stereocenters. The van der Waals surface area contributed by atoms with Gasteiger partial charge in [0.15, 0.2) is 0 Å². The Kier molecular flexibility index (Phi) is 2.63. The van der Waals surface area contributed by atoms with Crippen molar-refractivity contribution in [2.75, 3.05) is 0 Å². The topological polar surface area (TPSA) is 49.7 Å². The normalized spacial score (nSPS) is 15.5. The lowest BCUT2D eigenvalue weighted by Gasteiger charge is -2.10. The van der Waals surface area contributed by atoms with Gasteiger partial charge in [-0.05, 0) is 47.4 Å². The minimum Gasteiger partial charge on any atom is -0.508 e. The Bertz CT molecular complexity index is 429. The lowest BCUT2D eigenvalue weighted by atomic mass is 9.96. The van der Waals surface area contributed by atoms with E-state index >= 15 is 0 Å². The molecule has 1 aromatic rings. The van der Waals surface area contributed by atoms with Crippen LogP contribution in [0.15, 0.2) is 47.3 Å². The van der Waals surface area contributed by atoms with Crippen LogP contribution in [0.25, 0.3) is 5.57 Å². The van der Waals surface area contributed by atoms with Crippen molar-refractivity contribution in [1.29, 1.82) is 0 Å². The third-order valence-corrected chi connectivity index (χ3v) is 2.48. The first-order valence-corrected chi connectivity index (χ1v) is 4.82. The van der Waals surface area contributed by atoms with Crippen LogP contribution in [0, 0.1) is 4.91 Å². The number of nitroso groups, excluding NO2 is 1. The van der Waals surface area contributed by atoms with Gasteiger partial charge in [0.05, 0.1) is 5.70 Å². The quantitative estimate of drug-likeness (QED) is 0.747. The first-order chi connectivity index (χ1) is 7.29. The molecule has 0 spiro atoms. The van der Waals surface area contributed by atoms with Crippen molar-refractivity contribution in [2.45, 2.75) is 12.8 Å². The molecule has 1 aliphatic rings. The molecular weight excluding hydrogens is 190 g/mol. The average molecular weight is 201 g/mol. The van der Waals surface area contributed by atoms with Crippen molar-refractivity contribution in [3.63, 3.8) is 0 Å². The van der Waals surface area contributed by atoms with E-state index in [1.54, 1.807) is 18.2 Å². The fourth-order valence-corrected chi connectivity index (χ4v) is 1.62. The highest BCUT2D eigenvalue weighted by Gasteiger charge is 2.08. The zero-order valence-corrected chi connectivity index (χ0v) is 8.18. The molecule has 0 bridgehead atoms. The summed E-state index contributed by atoms with van der Waals surface area (Å²) in [7, 11) is 0. The minimum absolute atomic E-state index is 0.265. The van der Waals surface area contributed by atoms with Crippen LogP contribution in [-0.2, 0) is 0 Å².